The second-order valence-corrected chi connectivity index (χ2v) is 4.50. The van der Waals surface area contributed by atoms with Crippen molar-refractivity contribution in [1.82, 2.24) is 9.97 Å². The summed E-state index contributed by atoms with van der Waals surface area (Å²) in [5, 5.41) is 5.90. The van der Waals surface area contributed by atoms with Crippen molar-refractivity contribution in [1.29, 1.82) is 0 Å². The van der Waals surface area contributed by atoms with E-state index in [2.05, 4.69) is 20.6 Å². The van der Waals surface area contributed by atoms with Gasteiger partial charge < -0.3 is 5.32 Å². The molecule has 0 saturated carbocycles. The lowest BCUT2D eigenvalue weighted by Crippen LogP contribution is -2.17. The topological polar surface area (TPSA) is 66.9 Å². The third kappa shape index (κ3) is 3.32. The molecule has 0 spiro atoms. The summed E-state index contributed by atoms with van der Waals surface area (Å²) in [7, 11) is 0. The molecule has 1 aromatic heterocycles. The Balaban J connectivity index is 2.23. The SMILES string of the molecule is CCNc1ccccc1C(=O)Nc1nc(C)cc(C)n1. The smallest absolute Gasteiger partial charge is 0.260 e. The standard InChI is InChI=1S/C15H18N4O/c1-4-16-13-8-6-5-7-12(13)14(20)19-15-17-10(2)9-11(3)18-15/h5-9,16H,4H2,1-3H3,(H,17,18,19,20). The Bertz CT molecular complexity index is 605. The number of carbonyl (C=O) groups excluding carboxylic acids is 1. The molecule has 0 aliphatic heterocycles. The van der Waals surface area contributed by atoms with Crippen LogP contribution in [0.15, 0.2) is 30.3 Å². The minimum absolute atomic E-state index is 0.216. The second-order valence-electron chi connectivity index (χ2n) is 4.50. The average Bonchev–Trinajstić information content (AvgIpc) is 2.38. The first-order valence-corrected chi connectivity index (χ1v) is 6.56. The zero-order valence-corrected chi connectivity index (χ0v) is 11.9. The molecule has 0 unspecified atom stereocenters. The number of hydrogen-bond acceptors (Lipinski definition) is 4. The predicted octanol–water partition coefficient (Wildman–Crippen LogP) is 2.78. The molecule has 5 heteroatoms. The quantitative estimate of drug-likeness (QED) is 0.896. The Morgan fingerprint density at radius 2 is 1.80 bits per heavy atom. The van der Waals surface area contributed by atoms with Crippen molar-refractivity contribution in [2.45, 2.75) is 20.8 Å². The van der Waals surface area contributed by atoms with Gasteiger partial charge in [0, 0.05) is 23.6 Å². The molecule has 2 N–H and O–H groups in total. The van der Waals surface area contributed by atoms with Gasteiger partial charge in [0.25, 0.3) is 5.91 Å². The first kappa shape index (κ1) is 14.0. The molecule has 0 aliphatic carbocycles. The number of para-hydroxylation sites is 1. The average molecular weight is 270 g/mol. The number of benzene rings is 1. The Kier molecular flexibility index (Phi) is 4.30. The third-order valence-corrected chi connectivity index (χ3v) is 2.75. The van der Waals surface area contributed by atoms with Crippen molar-refractivity contribution in [2.24, 2.45) is 0 Å². The molecular weight excluding hydrogens is 252 g/mol. The van der Waals surface area contributed by atoms with E-state index in [0.717, 1.165) is 23.6 Å². The Hall–Kier alpha value is -2.43. The van der Waals surface area contributed by atoms with Crippen LogP contribution in [-0.2, 0) is 0 Å². The van der Waals surface area contributed by atoms with Gasteiger partial charge in [0.05, 0.1) is 5.56 Å². The Morgan fingerprint density at radius 1 is 1.15 bits per heavy atom. The predicted molar refractivity (Wildman–Crippen MR) is 80.1 cm³/mol. The number of carbonyl (C=O) groups is 1. The lowest BCUT2D eigenvalue weighted by molar-refractivity contribution is 0.102. The van der Waals surface area contributed by atoms with Crippen molar-refractivity contribution in [3.05, 3.63) is 47.3 Å². The number of nitrogens with zero attached hydrogens (tertiary/aromatic N) is 2. The normalized spacial score (nSPS) is 10.2. The summed E-state index contributed by atoms with van der Waals surface area (Å²) in [4.78, 5) is 20.7. The van der Waals surface area contributed by atoms with E-state index in [0.29, 0.717) is 11.5 Å². The minimum atomic E-state index is -0.216. The Labute approximate surface area is 118 Å². The van der Waals surface area contributed by atoms with E-state index in [1.54, 1.807) is 6.07 Å². The first-order valence-electron chi connectivity index (χ1n) is 6.56. The van der Waals surface area contributed by atoms with Gasteiger partial charge in [-0.1, -0.05) is 12.1 Å². The molecule has 104 valence electrons. The third-order valence-electron chi connectivity index (χ3n) is 2.75. The molecule has 0 fully saturated rings. The molecule has 0 atom stereocenters. The monoisotopic (exact) mass is 270 g/mol. The van der Waals surface area contributed by atoms with Crippen LogP contribution in [0.4, 0.5) is 11.6 Å². The molecule has 0 aliphatic rings. The summed E-state index contributed by atoms with van der Waals surface area (Å²) in [5.41, 5.74) is 3.04. The molecule has 5 nitrogen and oxygen atoms in total. The maximum atomic E-state index is 12.3. The number of aryl methyl sites for hydroxylation is 2. The molecule has 0 radical (unpaired) electrons. The van der Waals surface area contributed by atoms with Gasteiger partial charge in [0.15, 0.2) is 0 Å². The number of anilines is 2. The van der Waals surface area contributed by atoms with E-state index in [1.807, 2.05) is 45.0 Å². The summed E-state index contributed by atoms with van der Waals surface area (Å²) in [6.07, 6.45) is 0. The lowest BCUT2D eigenvalue weighted by Gasteiger charge is -2.10. The molecule has 1 aromatic carbocycles. The van der Waals surface area contributed by atoms with E-state index in [9.17, 15) is 4.79 Å². The van der Waals surface area contributed by atoms with Crippen LogP contribution >= 0.6 is 0 Å². The Morgan fingerprint density at radius 3 is 2.45 bits per heavy atom. The summed E-state index contributed by atoms with van der Waals surface area (Å²) in [6, 6.07) is 9.24. The van der Waals surface area contributed by atoms with Gasteiger partial charge in [-0.3, -0.25) is 10.1 Å². The van der Waals surface area contributed by atoms with E-state index < -0.39 is 0 Å². The van der Waals surface area contributed by atoms with Crippen molar-refractivity contribution in [3.8, 4) is 0 Å². The number of hydrogen-bond donors (Lipinski definition) is 2. The van der Waals surface area contributed by atoms with E-state index in [-0.39, 0.29) is 5.91 Å². The van der Waals surface area contributed by atoms with Crippen LogP contribution in [0.25, 0.3) is 0 Å². The maximum absolute atomic E-state index is 12.3. The van der Waals surface area contributed by atoms with Gasteiger partial charge in [-0.15, -0.1) is 0 Å². The summed E-state index contributed by atoms with van der Waals surface area (Å²) in [6.45, 7) is 6.49. The van der Waals surface area contributed by atoms with E-state index >= 15 is 0 Å². The fourth-order valence-electron chi connectivity index (χ4n) is 1.98. The summed E-state index contributed by atoms with van der Waals surface area (Å²) in [5.74, 6) is 0.116. The van der Waals surface area contributed by atoms with Crippen molar-refractivity contribution >= 4 is 17.5 Å². The minimum Gasteiger partial charge on any atom is -0.385 e. The first-order chi connectivity index (χ1) is 9.60. The number of nitrogens with one attached hydrogen (secondary N) is 2. The molecule has 20 heavy (non-hydrogen) atoms. The van der Waals surface area contributed by atoms with Gasteiger partial charge in [-0.2, -0.15) is 0 Å². The maximum Gasteiger partial charge on any atom is 0.260 e. The lowest BCUT2D eigenvalue weighted by atomic mass is 10.1. The highest BCUT2D eigenvalue weighted by atomic mass is 16.1. The van der Waals surface area contributed by atoms with Crippen LogP contribution in [0.1, 0.15) is 28.7 Å². The highest BCUT2D eigenvalue weighted by molar-refractivity contribution is 6.07. The highest BCUT2D eigenvalue weighted by Crippen LogP contribution is 2.16. The van der Waals surface area contributed by atoms with Gasteiger partial charge >= 0.3 is 0 Å². The van der Waals surface area contributed by atoms with Crippen LogP contribution in [0.3, 0.4) is 0 Å². The zero-order chi connectivity index (χ0) is 14.5. The number of rotatable bonds is 4. The largest absolute Gasteiger partial charge is 0.385 e. The molecule has 2 aromatic rings. The van der Waals surface area contributed by atoms with Crippen molar-refractivity contribution < 1.29 is 4.79 Å². The summed E-state index contributed by atoms with van der Waals surface area (Å²) < 4.78 is 0. The van der Waals surface area contributed by atoms with E-state index in [1.165, 1.54) is 0 Å². The highest BCUT2D eigenvalue weighted by Gasteiger charge is 2.12. The van der Waals surface area contributed by atoms with E-state index in [4.69, 9.17) is 0 Å². The second kappa shape index (κ2) is 6.14. The van der Waals surface area contributed by atoms with Crippen molar-refractivity contribution in [2.75, 3.05) is 17.2 Å². The fourth-order valence-corrected chi connectivity index (χ4v) is 1.98. The van der Waals surface area contributed by atoms with Crippen LogP contribution in [-0.4, -0.2) is 22.4 Å². The number of amides is 1. The van der Waals surface area contributed by atoms with Crippen LogP contribution < -0.4 is 10.6 Å². The van der Waals surface area contributed by atoms with Crippen LogP contribution in [0, 0.1) is 13.8 Å². The van der Waals surface area contributed by atoms with Gasteiger partial charge in [-0.05, 0) is 39.0 Å². The van der Waals surface area contributed by atoms with Crippen molar-refractivity contribution in [3.63, 3.8) is 0 Å². The summed E-state index contributed by atoms with van der Waals surface area (Å²) >= 11 is 0. The van der Waals surface area contributed by atoms with Crippen LogP contribution in [0.2, 0.25) is 0 Å². The fraction of sp³-hybridized carbons (Fsp3) is 0.267. The molecule has 0 bridgehead atoms. The van der Waals surface area contributed by atoms with Gasteiger partial charge in [0.1, 0.15) is 0 Å². The molecule has 1 amide bonds. The molecule has 0 saturated heterocycles. The molecular formula is C15H18N4O. The zero-order valence-electron chi connectivity index (χ0n) is 11.9. The number of aromatic nitrogens is 2. The molecule has 2 rings (SSSR count). The van der Waals surface area contributed by atoms with Crippen LogP contribution in [0.5, 0.6) is 0 Å². The van der Waals surface area contributed by atoms with Gasteiger partial charge in [0.2, 0.25) is 5.95 Å². The van der Waals surface area contributed by atoms with Gasteiger partial charge in [-0.25, -0.2) is 9.97 Å². The molecule has 1 heterocycles.